The standard InChI is InChI=1S/C17H23Cl2N5/c1-2-21-17(23-9-11-24-10-8-20-13-24)22-7-3-4-14-5-6-15(18)12-16(14)19/h5-6,8,10,12-13H,2-4,7,9,11H2,1H3,(H2,21,22,23). The molecule has 0 radical (unpaired) electrons. The molecule has 0 saturated carbocycles. The van der Waals surface area contributed by atoms with Crippen molar-refractivity contribution in [3.8, 4) is 0 Å². The molecular weight excluding hydrogens is 345 g/mol. The fraction of sp³-hybridized carbons (Fsp3) is 0.412. The summed E-state index contributed by atoms with van der Waals surface area (Å²) < 4.78 is 2.03. The van der Waals surface area contributed by atoms with Crippen LogP contribution in [-0.2, 0) is 13.0 Å². The Bertz CT molecular complexity index is 640. The normalized spacial score (nSPS) is 11.5. The molecule has 0 bridgehead atoms. The van der Waals surface area contributed by atoms with Gasteiger partial charge in [-0.1, -0.05) is 29.3 Å². The number of benzene rings is 1. The highest BCUT2D eigenvalue weighted by Crippen LogP contribution is 2.21. The van der Waals surface area contributed by atoms with Crippen LogP contribution in [-0.4, -0.2) is 35.1 Å². The van der Waals surface area contributed by atoms with Gasteiger partial charge in [-0.05, 0) is 37.5 Å². The SMILES string of the molecule is CCNC(=NCCCc1ccc(Cl)cc1Cl)NCCn1ccnc1. The van der Waals surface area contributed by atoms with Gasteiger partial charge in [0.05, 0.1) is 6.33 Å². The molecule has 2 rings (SSSR count). The lowest BCUT2D eigenvalue weighted by Crippen LogP contribution is -2.38. The molecule has 0 atom stereocenters. The van der Waals surface area contributed by atoms with Gasteiger partial charge in [0.1, 0.15) is 0 Å². The van der Waals surface area contributed by atoms with Crippen LogP contribution in [0.2, 0.25) is 10.0 Å². The topological polar surface area (TPSA) is 54.2 Å². The van der Waals surface area contributed by atoms with E-state index in [4.69, 9.17) is 23.2 Å². The lowest BCUT2D eigenvalue weighted by atomic mass is 10.1. The maximum atomic E-state index is 6.19. The summed E-state index contributed by atoms with van der Waals surface area (Å²) in [6.07, 6.45) is 7.35. The molecule has 2 aromatic rings. The molecule has 0 aliphatic heterocycles. The molecule has 0 saturated heterocycles. The maximum absolute atomic E-state index is 6.19. The van der Waals surface area contributed by atoms with Crippen LogP contribution in [0.4, 0.5) is 0 Å². The van der Waals surface area contributed by atoms with E-state index in [0.29, 0.717) is 5.02 Å². The van der Waals surface area contributed by atoms with E-state index in [0.717, 1.165) is 55.6 Å². The second-order valence-corrected chi connectivity index (χ2v) is 6.17. The van der Waals surface area contributed by atoms with E-state index in [-0.39, 0.29) is 0 Å². The zero-order valence-electron chi connectivity index (χ0n) is 13.8. The van der Waals surface area contributed by atoms with Crippen molar-refractivity contribution in [1.29, 1.82) is 0 Å². The fourth-order valence-corrected chi connectivity index (χ4v) is 2.75. The number of aliphatic imine (C=N–C) groups is 1. The summed E-state index contributed by atoms with van der Waals surface area (Å²) in [7, 11) is 0. The number of nitrogens with zero attached hydrogens (tertiary/aromatic N) is 3. The van der Waals surface area contributed by atoms with Gasteiger partial charge in [0, 0.05) is 48.6 Å². The third kappa shape index (κ3) is 6.42. The molecule has 0 fully saturated rings. The Morgan fingerprint density at radius 3 is 2.88 bits per heavy atom. The van der Waals surface area contributed by atoms with Gasteiger partial charge in [0.2, 0.25) is 0 Å². The van der Waals surface area contributed by atoms with Crippen molar-refractivity contribution in [1.82, 2.24) is 20.2 Å². The zero-order chi connectivity index (χ0) is 17.2. The summed E-state index contributed by atoms with van der Waals surface area (Å²) in [6, 6.07) is 5.63. The number of aryl methyl sites for hydroxylation is 1. The van der Waals surface area contributed by atoms with Crippen molar-refractivity contribution < 1.29 is 0 Å². The molecule has 0 unspecified atom stereocenters. The number of nitrogens with one attached hydrogen (secondary N) is 2. The van der Waals surface area contributed by atoms with Gasteiger partial charge in [0.15, 0.2) is 5.96 Å². The van der Waals surface area contributed by atoms with Gasteiger partial charge in [-0.3, -0.25) is 4.99 Å². The molecule has 0 aliphatic rings. The number of hydrogen-bond acceptors (Lipinski definition) is 2. The average molecular weight is 368 g/mol. The first kappa shape index (κ1) is 18.6. The van der Waals surface area contributed by atoms with Gasteiger partial charge >= 0.3 is 0 Å². The summed E-state index contributed by atoms with van der Waals surface area (Å²) in [5.41, 5.74) is 1.11. The predicted octanol–water partition coefficient (Wildman–Crippen LogP) is 3.38. The van der Waals surface area contributed by atoms with Crippen LogP contribution in [0.25, 0.3) is 0 Å². The van der Waals surface area contributed by atoms with E-state index in [9.17, 15) is 0 Å². The Morgan fingerprint density at radius 2 is 2.17 bits per heavy atom. The molecule has 24 heavy (non-hydrogen) atoms. The Kier molecular flexibility index (Phi) is 7.92. The van der Waals surface area contributed by atoms with Crippen LogP contribution in [0.1, 0.15) is 18.9 Å². The summed E-state index contributed by atoms with van der Waals surface area (Å²) in [5, 5.41) is 7.96. The first-order valence-corrected chi connectivity index (χ1v) is 8.86. The van der Waals surface area contributed by atoms with Crippen LogP contribution >= 0.6 is 23.2 Å². The molecule has 5 nitrogen and oxygen atoms in total. The lowest BCUT2D eigenvalue weighted by molar-refractivity contribution is 0.661. The highest BCUT2D eigenvalue weighted by Gasteiger charge is 2.02. The second-order valence-electron chi connectivity index (χ2n) is 5.33. The number of imidazole rings is 1. The van der Waals surface area contributed by atoms with Crippen LogP contribution in [0.5, 0.6) is 0 Å². The molecule has 130 valence electrons. The minimum absolute atomic E-state index is 0.665. The van der Waals surface area contributed by atoms with Crippen LogP contribution in [0.15, 0.2) is 41.9 Å². The summed E-state index contributed by atoms with van der Waals surface area (Å²) in [4.78, 5) is 8.62. The number of aromatic nitrogens is 2. The van der Waals surface area contributed by atoms with Crippen LogP contribution < -0.4 is 10.6 Å². The minimum Gasteiger partial charge on any atom is -0.357 e. The molecule has 7 heteroatoms. The van der Waals surface area contributed by atoms with Gasteiger partial charge in [0.25, 0.3) is 0 Å². The first-order valence-electron chi connectivity index (χ1n) is 8.11. The third-order valence-corrected chi connectivity index (χ3v) is 4.04. The Morgan fingerprint density at radius 1 is 1.29 bits per heavy atom. The van der Waals surface area contributed by atoms with E-state index < -0.39 is 0 Å². The fourth-order valence-electron chi connectivity index (χ4n) is 2.25. The molecule has 1 aromatic carbocycles. The van der Waals surface area contributed by atoms with Crippen molar-refractivity contribution in [3.05, 3.63) is 52.5 Å². The van der Waals surface area contributed by atoms with Crippen molar-refractivity contribution in [2.75, 3.05) is 19.6 Å². The molecule has 1 heterocycles. The van der Waals surface area contributed by atoms with Crippen molar-refractivity contribution in [2.24, 2.45) is 4.99 Å². The zero-order valence-corrected chi connectivity index (χ0v) is 15.3. The van der Waals surface area contributed by atoms with Gasteiger partial charge in [-0.25, -0.2) is 4.98 Å². The summed E-state index contributed by atoms with van der Waals surface area (Å²) in [5.74, 6) is 0.833. The average Bonchev–Trinajstić information content (AvgIpc) is 3.06. The van der Waals surface area contributed by atoms with E-state index in [1.165, 1.54) is 0 Å². The largest absolute Gasteiger partial charge is 0.357 e. The Balaban J connectivity index is 1.75. The molecule has 2 N–H and O–H groups in total. The number of rotatable bonds is 8. The van der Waals surface area contributed by atoms with Crippen molar-refractivity contribution in [3.63, 3.8) is 0 Å². The Hall–Kier alpha value is -1.72. The maximum Gasteiger partial charge on any atom is 0.191 e. The van der Waals surface area contributed by atoms with Gasteiger partial charge < -0.3 is 15.2 Å². The first-order chi connectivity index (χ1) is 11.7. The van der Waals surface area contributed by atoms with E-state index in [1.54, 1.807) is 12.3 Å². The molecular formula is C17H23Cl2N5. The summed E-state index contributed by atoms with van der Waals surface area (Å²) >= 11 is 12.1. The summed E-state index contributed by atoms with van der Waals surface area (Å²) in [6.45, 7) is 5.27. The smallest absolute Gasteiger partial charge is 0.191 e. The highest BCUT2D eigenvalue weighted by atomic mass is 35.5. The van der Waals surface area contributed by atoms with Gasteiger partial charge in [-0.2, -0.15) is 0 Å². The highest BCUT2D eigenvalue weighted by molar-refractivity contribution is 6.35. The van der Waals surface area contributed by atoms with E-state index >= 15 is 0 Å². The van der Waals surface area contributed by atoms with E-state index in [1.807, 2.05) is 29.2 Å². The van der Waals surface area contributed by atoms with Crippen LogP contribution in [0.3, 0.4) is 0 Å². The molecule has 0 spiro atoms. The van der Waals surface area contributed by atoms with Crippen molar-refractivity contribution in [2.45, 2.75) is 26.3 Å². The lowest BCUT2D eigenvalue weighted by Gasteiger charge is -2.11. The molecule has 0 amide bonds. The van der Waals surface area contributed by atoms with Crippen LogP contribution in [0, 0.1) is 0 Å². The third-order valence-electron chi connectivity index (χ3n) is 3.46. The van der Waals surface area contributed by atoms with Crippen molar-refractivity contribution >= 4 is 29.2 Å². The predicted molar refractivity (Wildman–Crippen MR) is 101 cm³/mol. The number of hydrogen-bond donors (Lipinski definition) is 2. The van der Waals surface area contributed by atoms with Gasteiger partial charge in [-0.15, -0.1) is 0 Å². The minimum atomic E-state index is 0.665. The number of halogens is 2. The molecule has 0 aliphatic carbocycles. The van der Waals surface area contributed by atoms with E-state index in [2.05, 4.69) is 27.5 Å². The Labute approximate surface area is 153 Å². The molecule has 1 aromatic heterocycles. The quantitative estimate of drug-likeness (QED) is 0.427. The second kappa shape index (κ2) is 10.2. The number of guanidine groups is 1. The monoisotopic (exact) mass is 367 g/mol.